The zero-order valence-electron chi connectivity index (χ0n) is 21.1. The van der Waals surface area contributed by atoms with Crippen molar-refractivity contribution < 1.29 is 9.53 Å². The van der Waals surface area contributed by atoms with Crippen molar-refractivity contribution in [3.05, 3.63) is 11.6 Å². The van der Waals surface area contributed by atoms with Gasteiger partial charge in [0.2, 0.25) is 0 Å². The Morgan fingerprint density at radius 3 is 2.37 bits per heavy atom. The molecule has 4 aliphatic carbocycles. The predicted molar refractivity (Wildman–Crippen MR) is 129 cm³/mol. The number of hydrogen-bond acceptors (Lipinski definition) is 2. The van der Waals surface area contributed by atoms with Crippen LogP contribution in [0.15, 0.2) is 11.6 Å². The van der Waals surface area contributed by atoms with Gasteiger partial charge in [0.1, 0.15) is 0 Å². The summed E-state index contributed by atoms with van der Waals surface area (Å²) < 4.78 is 7.30. The van der Waals surface area contributed by atoms with Crippen LogP contribution in [0.25, 0.3) is 0 Å². The second-order valence-electron chi connectivity index (χ2n) is 13.4. The van der Waals surface area contributed by atoms with Crippen molar-refractivity contribution >= 4 is 8.32 Å². The molecule has 0 heterocycles. The summed E-state index contributed by atoms with van der Waals surface area (Å²) in [7, 11) is -1.84. The Morgan fingerprint density at radius 1 is 1.03 bits per heavy atom. The van der Waals surface area contributed by atoms with Crippen LogP contribution in [-0.2, 0) is 4.43 Å². The van der Waals surface area contributed by atoms with E-state index >= 15 is 0 Å². The summed E-state index contributed by atoms with van der Waals surface area (Å²) in [5, 5.41) is 10.8. The lowest BCUT2D eigenvalue weighted by Crippen LogP contribution is -2.60. The van der Waals surface area contributed by atoms with Gasteiger partial charge in [0, 0.05) is 6.10 Å². The molecule has 0 aliphatic heterocycles. The normalized spacial score (nSPS) is 48.2. The highest BCUT2D eigenvalue weighted by molar-refractivity contribution is 6.74. The second kappa shape index (κ2) is 7.45. The molecule has 172 valence electrons. The summed E-state index contributed by atoms with van der Waals surface area (Å²) in [6, 6.07) is 0. The quantitative estimate of drug-likeness (QED) is 0.365. The molecule has 0 amide bonds. The standard InChI is InChI=1S/C27H48O2Si/c1-9-18-10-11-21-24-22(13-15-26(18,21)5)27(6)14-12-20(28)16-19(27)17-23(24)29-30(7,8)25(2,3)4/h9,19-24,28H,10-17H2,1-8H3/b18-9-/t19-,20+,21+,22+,23-,24+,26-,27+/m1/s1. The molecule has 4 rings (SSSR count). The maximum Gasteiger partial charge on any atom is 0.192 e. The first kappa shape index (κ1) is 23.0. The summed E-state index contributed by atoms with van der Waals surface area (Å²) >= 11 is 0. The van der Waals surface area contributed by atoms with Crippen LogP contribution in [0.3, 0.4) is 0 Å². The molecule has 30 heavy (non-hydrogen) atoms. The molecular weight excluding hydrogens is 384 g/mol. The molecule has 8 atom stereocenters. The average molecular weight is 433 g/mol. The minimum atomic E-state index is -1.84. The van der Waals surface area contributed by atoms with E-state index in [2.05, 4.69) is 60.7 Å². The Labute approximate surface area is 187 Å². The van der Waals surface area contributed by atoms with Crippen molar-refractivity contribution in [2.45, 2.75) is 123 Å². The van der Waals surface area contributed by atoms with Crippen LogP contribution in [0.5, 0.6) is 0 Å². The van der Waals surface area contributed by atoms with E-state index in [0.29, 0.717) is 28.8 Å². The molecule has 0 aromatic rings. The molecule has 4 aliphatic rings. The molecule has 1 N–H and O–H groups in total. The Bertz CT molecular complexity index is 691. The van der Waals surface area contributed by atoms with Crippen molar-refractivity contribution in [3.63, 3.8) is 0 Å². The number of aliphatic hydroxyl groups is 1. The Kier molecular flexibility index (Phi) is 5.73. The molecule has 3 heteroatoms. The monoisotopic (exact) mass is 432 g/mol. The molecule has 0 bridgehead atoms. The second-order valence-corrected chi connectivity index (χ2v) is 18.1. The summed E-state index contributed by atoms with van der Waals surface area (Å²) in [6.45, 7) is 19.5. The molecule has 0 aromatic carbocycles. The lowest BCUT2D eigenvalue weighted by atomic mass is 9.44. The molecule has 4 saturated carbocycles. The average Bonchev–Trinajstić information content (AvgIpc) is 2.98. The molecule has 0 radical (unpaired) electrons. The first-order valence-electron chi connectivity index (χ1n) is 12.8. The zero-order chi connectivity index (χ0) is 22.1. The van der Waals surface area contributed by atoms with E-state index in [1.54, 1.807) is 5.57 Å². The zero-order valence-corrected chi connectivity index (χ0v) is 22.1. The van der Waals surface area contributed by atoms with Gasteiger partial charge < -0.3 is 9.53 Å². The molecule has 0 aromatic heterocycles. The first-order chi connectivity index (χ1) is 13.8. The number of rotatable bonds is 2. The SMILES string of the molecule is C/C=C1/CC[C@H]2[C@@H]3[C@H](O[Si](C)(C)C(C)(C)C)C[C@H]4C[C@@H](O)CC[C@]4(C)[C@H]3CC[C@]12C. The fourth-order valence-electron chi connectivity index (χ4n) is 8.18. The number of fused-ring (bicyclic) bond motifs is 5. The molecule has 2 nitrogen and oxygen atoms in total. The van der Waals surface area contributed by atoms with Crippen LogP contribution >= 0.6 is 0 Å². The minimum absolute atomic E-state index is 0.0943. The summed E-state index contributed by atoms with van der Waals surface area (Å²) in [4.78, 5) is 0. The third kappa shape index (κ3) is 3.41. The van der Waals surface area contributed by atoms with E-state index in [9.17, 15) is 5.11 Å². The predicted octanol–water partition coefficient (Wildman–Crippen LogP) is 7.34. The van der Waals surface area contributed by atoms with Gasteiger partial charge in [0.25, 0.3) is 0 Å². The Hall–Kier alpha value is -0.123. The van der Waals surface area contributed by atoms with Gasteiger partial charge in [-0.3, -0.25) is 0 Å². The maximum atomic E-state index is 10.5. The fraction of sp³-hybridized carbons (Fsp3) is 0.926. The van der Waals surface area contributed by atoms with Crippen LogP contribution in [-0.4, -0.2) is 25.6 Å². The molecule has 0 spiro atoms. The highest BCUT2D eigenvalue weighted by Crippen LogP contribution is 2.68. The maximum absolute atomic E-state index is 10.5. The van der Waals surface area contributed by atoms with Crippen molar-refractivity contribution in [2.24, 2.45) is 34.5 Å². The van der Waals surface area contributed by atoms with Gasteiger partial charge in [0.05, 0.1) is 6.10 Å². The van der Waals surface area contributed by atoms with Gasteiger partial charge >= 0.3 is 0 Å². The third-order valence-electron chi connectivity index (χ3n) is 11.1. The van der Waals surface area contributed by atoms with Gasteiger partial charge in [-0.1, -0.05) is 46.3 Å². The van der Waals surface area contributed by atoms with Crippen LogP contribution in [0, 0.1) is 34.5 Å². The van der Waals surface area contributed by atoms with E-state index in [0.717, 1.165) is 24.7 Å². The van der Waals surface area contributed by atoms with E-state index in [1.165, 1.54) is 38.5 Å². The Balaban J connectivity index is 1.73. The van der Waals surface area contributed by atoms with E-state index in [-0.39, 0.29) is 11.1 Å². The largest absolute Gasteiger partial charge is 0.414 e. The van der Waals surface area contributed by atoms with Gasteiger partial charge in [-0.15, -0.1) is 0 Å². The van der Waals surface area contributed by atoms with E-state index in [1.807, 2.05) is 0 Å². The van der Waals surface area contributed by atoms with Gasteiger partial charge in [-0.05, 0) is 111 Å². The minimum Gasteiger partial charge on any atom is -0.414 e. The fourth-order valence-corrected chi connectivity index (χ4v) is 9.54. The van der Waals surface area contributed by atoms with Crippen LogP contribution in [0.2, 0.25) is 18.1 Å². The van der Waals surface area contributed by atoms with Crippen LogP contribution < -0.4 is 0 Å². The number of aliphatic hydroxyl groups excluding tert-OH is 1. The lowest BCUT2D eigenvalue weighted by Gasteiger charge is -2.63. The first-order valence-corrected chi connectivity index (χ1v) is 15.8. The highest BCUT2D eigenvalue weighted by atomic mass is 28.4. The summed E-state index contributed by atoms with van der Waals surface area (Å²) in [5.41, 5.74) is 2.52. The van der Waals surface area contributed by atoms with Crippen molar-refractivity contribution in [1.29, 1.82) is 0 Å². The summed E-state index contributed by atoms with van der Waals surface area (Å²) in [6.07, 6.45) is 12.5. The van der Waals surface area contributed by atoms with Crippen LogP contribution in [0.4, 0.5) is 0 Å². The molecular formula is C27H48O2Si. The van der Waals surface area contributed by atoms with Gasteiger partial charge in [-0.25, -0.2) is 0 Å². The highest BCUT2D eigenvalue weighted by Gasteiger charge is 2.62. The smallest absolute Gasteiger partial charge is 0.192 e. The molecule has 4 fully saturated rings. The van der Waals surface area contributed by atoms with E-state index < -0.39 is 8.32 Å². The van der Waals surface area contributed by atoms with Gasteiger partial charge in [-0.2, -0.15) is 0 Å². The van der Waals surface area contributed by atoms with Gasteiger partial charge in [0.15, 0.2) is 8.32 Å². The Morgan fingerprint density at radius 2 is 1.73 bits per heavy atom. The van der Waals surface area contributed by atoms with Crippen molar-refractivity contribution in [2.75, 3.05) is 0 Å². The third-order valence-corrected chi connectivity index (χ3v) is 15.6. The van der Waals surface area contributed by atoms with Crippen molar-refractivity contribution in [3.8, 4) is 0 Å². The lowest BCUT2D eigenvalue weighted by molar-refractivity contribution is -0.161. The van der Waals surface area contributed by atoms with E-state index in [4.69, 9.17) is 4.43 Å². The molecule has 0 saturated heterocycles. The number of allylic oxidation sites excluding steroid dienone is 2. The summed E-state index contributed by atoms with van der Waals surface area (Å²) in [5.74, 6) is 2.88. The molecule has 0 unspecified atom stereocenters. The van der Waals surface area contributed by atoms with Crippen molar-refractivity contribution in [1.82, 2.24) is 0 Å². The van der Waals surface area contributed by atoms with Crippen LogP contribution in [0.1, 0.15) is 92.9 Å². The number of hydrogen-bond donors (Lipinski definition) is 1. The topological polar surface area (TPSA) is 29.5 Å².